The van der Waals surface area contributed by atoms with E-state index < -0.39 is 10.0 Å². The zero-order chi connectivity index (χ0) is 19.0. The van der Waals surface area contributed by atoms with Crippen LogP contribution in [-0.2, 0) is 10.0 Å². The lowest BCUT2D eigenvalue weighted by Crippen LogP contribution is -2.28. The Morgan fingerprint density at radius 2 is 2.04 bits per heavy atom. The number of likely N-dealkylation sites (N-methyl/N-ethyl adjacent to an activating group) is 1. The van der Waals surface area contributed by atoms with Crippen molar-refractivity contribution >= 4 is 44.3 Å². The fourth-order valence-corrected chi connectivity index (χ4v) is 4.59. The second kappa shape index (κ2) is 6.94. The number of nitrogens with zero attached hydrogens (tertiary/aromatic N) is 2. The van der Waals surface area contributed by atoms with E-state index in [1.165, 1.54) is 3.97 Å². The Labute approximate surface area is 163 Å². The average molecular weight is 403 g/mol. The molecule has 0 bridgehead atoms. The molecule has 1 aliphatic heterocycles. The van der Waals surface area contributed by atoms with Crippen molar-refractivity contribution in [3.8, 4) is 5.75 Å². The van der Waals surface area contributed by atoms with Gasteiger partial charge in [-0.2, -0.15) is 0 Å². The molecule has 2 heterocycles. The molecule has 3 aromatic rings. The van der Waals surface area contributed by atoms with Crippen molar-refractivity contribution in [2.24, 2.45) is 0 Å². The van der Waals surface area contributed by atoms with E-state index in [1.54, 1.807) is 42.6 Å². The quantitative estimate of drug-likeness (QED) is 0.661. The first-order chi connectivity index (χ1) is 12.9. The van der Waals surface area contributed by atoms with E-state index >= 15 is 0 Å². The molecule has 4 rings (SSSR count). The number of hydrogen-bond donors (Lipinski definition) is 0. The molecule has 0 amide bonds. The van der Waals surface area contributed by atoms with Gasteiger partial charge in [-0.25, -0.2) is 12.4 Å². The fourth-order valence-electron chi connectivity index (χ4n) is 3.19. The van der Waals surface area contributed by atoms with Crippen molar-refractivity contribution in [1.29, 1.82) is 0 Å². The van der Waals surface area contributed by atoms with Crippen molar-refractivity contribution in [3.63, 3.8) is 0 Å². The number of benzene rings is 2. The SMILES string of the molecule is CN1CCOc2cc(C=CCS(=O)(=O)n3ccc4cc(Cl)ccc43)ccc21. The minimum absolute atomic E-state index is 0.0999. The van der Waals surface area contributed by atoms with Crippen LogP contribution in [0.15, 0.2) is 54.7 Å². The highest BCUT2D eigenvalue weighted by molar-refractivity contribution is 7.90. The third-order valence-corrected chi connectivity index (χ3v) is 6.38. The van der Waals surface area contributed by atoms with Crippen LogP contribution in [0.2, 0.25) is 5.02 Å². The van der Waals surface area contributed by atoms with Gasteiger partial charge in [-0.3, -0.25) is 0 Å². The number of rotatable bonds is 4. The molecule has 5 nitrogen and oxygen atoms in total. The largest absolute Gasteiger partial charge is 0.490 e. The summed E-state index contributed by atoms with van der Waals surface area (Å²) in [7, 11) is -1.48. The molecule has 140 valence electrons. The van der Waals surface area contributed by atoms with E-state index in [9.17, 15) is 8.42 Å². The van der Waals surface area contributed by atoms with E-state index in [4.69, 9.17) is 16.3 Å². The first-order valence-corrected chi connectivity index (χ1v) is 10.6. The highest BCUT2D eigenvalue weighted by atomic mass is 35.5. The molecule has 0 saturated carbocycles. The molecule has 0 atom stereocenters. The Morgan fingerprint density at radius 1 is 1.19 bits per heavy atom. The average Bonchev–Trinajstić information content (AvgIpc) is 3.05. The van der Waals surface area contributed by atoms with Crippen LogP contribution in [0.25, 0.3) is 17.0 Å². The first kappa shape index (κ1) is 17.9. The normalized spacial score (nSPS) is 14.5. The maximum Gasteiger partial charge on any atom is 0.242 e. The van der Waals surface area contributed by atoms with Crippen LogP contribution in [0, 0.1) is 0 Å². The maximum atomic E-state index is 12.7. The van der Waals surface area contributed by atoms with Gasteiger partial charge in [0.05, 0.1) is 23.5 Å². The number of hydrogen-bond acceptors (Lipinski definition) is 4. The lowest BCUT2D eigenvalue weighted by Gasteiger charge is -2.27. The zero-order valence-corrected chi connectivity index (χ0v) is 16.4. The molecule has 0 unspecified atom stereocenters. The third kappa shape index (κ3) is 3.55. The number of halogens is 1. The molecule has 0 saturated heterocycles. The van der Waals surface area contributed by atoms with Gasteiger partial charge >= 0.3 is 0 Å². The Bertz CT molecular complexity index is 1140. The smallest absolute Gasteiger partial charge is 0.242 e. The second-order valence-electron chi connectivity index (χ2n) is 6.49. The summed E-state index contributed by atoms with van der Waals surface area (Å²) in [5.74, 6) is 0.721. The van der Waals surface area contributed by atoms with Crippen LogP contribution in [-0.4, -0.2) is 38.3 Å². The van der Waals surface area contributed by atoms with Crippen LogP contribution in [0.5, 0.6) is 5.75 Å². The molecular formula is C20H19ClN2O3S. The lowest BCUT2D eigenvalue weighted by atomic mass is 10.1. The zero-order valence-electron chi connectivity index (χ0n) is 14.8. The predicted molar refractivity (Wildman–Crippen MR) is 110 cm³/mol. The maximum absolute atomic E-state index is 12.7. The summed E-state index contributed by atoms with van der Waals surface area (Å²) in [4.78, 5) is 2.14. The summed E-state index contributed by atoms with van der Waals surface area (Å²) in [5.41, 5.74) is 2.57. The molecular weight excluding hydrogens is 384 g/mol. The molecule has 1 aromatic heterocycles. The van der Waals surface area contributed by atoms with Gasteiger partial charge in [0.2, 0.25) is 10.0 Å². The van der Waals surface area contributed by atoms with Gasteiger partial charge in [0, 0.05) is 23.7 Å². The van der Waals surface area contributed by atoms with Crippen molar-refractivity contribution in [2.75, 3.05) is 30.9 Å². The second-order valence-corrected chi connectivity index (χ2v) is 8.82. The summed E-state index contributed by atoms with van der Waals surface area (Å²) in [5, 5.41) is 1.38. The molecule has 0 fully saturated rings. The van der Waals surface area contributed by atoms with Crippen LogP contribution in [0.1, 0.15) is 5.56 Å². The van der Waals surface area contributed by atoms with Gasteiger partial charge in [-0.05, 0) is 42.0 Å². The van der Waals surface area contributed by atoms with Gasteiger partial charge in [0.1, 0.15) is 12.4 Å². The summed E-state index contributed by atoms with van der Waals surface area (Å²) in [6.45, 7) is 1.51. The number of fused-ring (bicyclic) bond motifs is 2. The topological polar surface area (TPSA) is 51.5 Å². The van der Waals surface area contributed by atoms with Crippen molar-refractivity contribution < 1.29 is 13.2 Å². The Balaban J connectivity index is 1.55. The molecule has 1 aliphatic rings. The summed E-state index contributed by atoms with van der Waals surface area (Å²) >= 11 is 5.97. The van der Waals surface area contributed by atoms with E-state index in [2.05, 4.69) is 4.90 Å². The van der Waals surface area contributed by atoms with E-state index in [1.807, 2.05) is 25.2 Å². The minimum atomic E-state index is -3.51. The third-order valence-electron chi connectivity index (χ3n) is 4.61. The Kier molecular flexibility index (Phi) is 4.61. The molecule has 27 heavy (non-hydrogen) atoms. The summed E-state index contributed by atoms with van der Waals surface area (Å²) in [6, 6.07) is 12.8. The van der Waals surface area contributed by atoms with Crippen LogP contribution >= 0.6 is 11.6 Å². The molecule has 2 aromatic carbocycles. The van der Waals surface area contributed by atoms with Gasteiger partial charge in [0.25, 0.3) is 0 Å². The number of ether oxygens (including phenoxy) is 1. The molecule has 0 radical (unpaired) electrons. The van der Waals surface area contributed by atoms with E-state index in [0.717, 1.165) is 28.9 Å². The molecule has 7 heteroatoms. The van der Waals surface area contributed by atoms with Crippen LogP contribution < -0.4 is 9.64 Å². The minimum Gasteiger partial charge on any atom is -0.490 e. The fraction of sp³-hybridized carbons (Fsp3) is 0.200. The van der Waals surface area contributed by atoms with Crippen molar-refractivity contribution in [1.82, 2.24) is 3.97 Å². The monoisotopic (exact) mass is 402 g/mol. The van der Waals surface area contributed by atoms with Crippen molar-refractivity contribution in [2.45, 2.75) is 0 Å². The van der Waals surface area contributed by atoms with Gasteiger partial charge in [0.15, 0.2) is 0 Å². The predicted octanol–water partition coefficient (Wildman–Crippen LogP) is 4.01. The number of anilines is 1. The summed E-state index contributed by atoms with van der Waals surface area (Å²) < 4.78 is 32.4. The molecule has 0 spiro atoms. The highest BCUT2D eigenvalue weighted by Gasteiger charge is 2.16. The summed E-state index contributed by atoms with van der Waals surface area (Å²) in [6.07, 6.45) is 5.02. The highest BCUT2D eigenvalue weighted by Crippen LogP contribution is 2.31. The molecule has 0 N–H and O–H groups in total. The Hall–Kier alpha value is -2.44. The molecule has 0 aliphatic carbocycles. The van der Waals surface area contributed by atoms with Gasteiger partial charge < -0.3 is 9.64 Å². The lowest BCUT2D eigenvalue weighted by molar-refractivity contribution is 0.311. The van der Waals surface area contributed by atoms with Crippen LogP contribution in [0.4, 0.5) is 5.69 Å². The number of aromatic nitrogens is 1. The standard InChI is InChI=1S/C20H19ClN2O3S/c1-22-10-11-26-20-13-15(4-6-19(20)22)3-2-12-27(24,25)23-9-8-16-14-17(21)5-7-18(16)23/h2-9,13-14H,10-12H2,1H3. The Morgan fingerprint density at radius 3 is 2.89 bits per heavy atom. The van der Waals surface area contributed by atoms with E-state index in [-0.39, 0.29) is 5.75 Å². The van der Waals surface area contributed by atoms with Gasteiger partial charge in [-0.15, -0.1) is 0 Å². The van der Waals surface area contributed by atoms with E-state index in [0.29, 0.717) is 17.1 Å². The van der Waals surface area contributed by atoms with Crippen LogP contribution in [0.3, 0.4) is 0 Å². The van der Waals surface area contributed by atoms with Gasteiger partial charge in [-0.1, -0.05) is 29.8 Å². The van der Waals surface area contributed by atoms with Crippen molar-refractivity contribution in [3.05, 3.63) is 65.3 Å². The first-order valence-electron chi connectivity index (χ1n) is 8.58.